The number of carbonyl (C=O) groups excluding carboxylic acids is 1. The van der Waals surface area contributed by atoms with Crippen molar-refractivity contribution in [2.45, 2.75) is 10.1 Å². The third-order valence-corrected chi connectivity index (χ3v) is 7.55. The Hall–Kier alpha value is -3.40. The van der Waals surface area contributed by atoms with Gasteiger partial charge in [0.15, 0.2) is 5.76 Å². The van der Waals surface area contributed by atoms with E-state index in [1.165, 1.54) is 38.0 Å². The van der Waals surface area contributed by atoms with Gasteiger partial charge in [0.2, 0.25) is 15.9 Å². The summed E-state index contributed by atoms with van der Waals surface area (Å²) in [5, 5.41) is 3.11. The van der Waals surface area contributed by atoms with Crippen molar-refractivity contribution in [3.63, 3.8) is 0 Å². The van der Waals surface area contributed by atoms with Gasteiger partial charge in [0.1, 0.15) is 5.69 Å². The minimum absolute atomic E-state index is 0.0492. The molecule has 3 aromatic carbocycles. The van der Waals surface area contributed by atoms with E-state index in [1.807, 2.05) is 60.7 Å². The summed E-state index contributed by atoms with van der Waals surface area (Å²) in [4.78, 5) is 17.3. The van der Waals surface area contributed by atoms with Crippen LogP contribution in [0.4, 0.5) is 5.69 Å². The van der Waals surface area contributed by atoms with Crippen LogP contribution in [-0.4, -0.2) is 43.5 Å². The van der Waals surface area contributed by atoms with Gasteiger partial charge in [-0.05, 0) is 18.2 Å². The Morgan fingerprint density at radius 3 is 2.24 bits per heavy atom. The van der Waals surface area contributed by atoms with E-state index in [2.05, 4.69) is 10.3 Å². The van der Waals surface area contributed by atoms with Crippen LogP contribution in [0.15, 0.2) is 99.5 Å². The number of nitrogens with zero attached hydrogens (tertiary/aromatic N) is 2. The topological polar surface area (TPSA) is 92.5 Å². The molecule has 0 aliphatic rings. The maximum absolute atomic E-state index is 12.6. The maximum atomic E-state index is 12.6. The van der Waals surface area contributed by atoms with Gasteiger partial charge in [0.25, 0.3) is 5.22 Å². The molecule has 0 saturated heterocycles. The van der Waals surface area contributed by atoms with Crippen LogP contribution in [0, 0.1) is 0 Å². The molecule has 0 saturated carbocycles. The predicted molar refractivity (Wildman–Crippen MR) is 134 cm³/mol. The molecule has 4 rings (SSSR count). The van der Waals surface area contributed by atoms with Gasteiger partial charge in [0.05, 0.1) is 10.6 Å². The molecule has 4 aromatic rings. The highest BCUT2D eigenvalue weighted by Crippen LogP contribution is 2.35. The average Bonchev–Trinajstić information content (AvgIpc) is 3.28. The van der Waals surface area contributed by atoms with Gasteiger partial charge in [-0.1, -0.05) is 78.5 Å². The zero-order valence-corrected chi connectivity index (χ0v) is 20.3. The maximum Gasteiger partial charge on any atom is 0.257 e. The summed E-state index contributed by atoms with van der Waals surface area (Å²) in [6.07, 6.45) is 0. The van der Waals surface area contributed by atoms with Gasteiger partial charge in [-0.2, -0.15) is 0 Å². The van der Waals surface area contributed by atoms with Crippen molar-refractivity contribution in [2.75, 3.05) is 25.2 Å². The van der Waals surface area contributed by atoms with Crippen molar-refractivity contribution < 1.29 is 17.6 Å². The summed E-state index contributed by atoms with van der Waals surface area (Å²) in [7, 11) is -0.675. The number of thioether (sulfide) groups is 1. The molecule has 9 heteroatoms. The molecule has 1 heterocycles. The lowest BCUT2D eigenvalue weighted by Crippen LogP contribution is -2.22. The quantitative estimate of drug-likeness (QED) is 0.348. The SMILES string of the molecule is CN(C)S(=O)(=O)c1cccc(NC(=O)CSc2nc(-c3ccccc3)c(-c3ccccc3)o2)c1. The van der Waals surface area contributed by atoms with E-state index in [4.69, 9.17) is 4.42 Å². The second-order valence-electron chi connectivity index (χ2n) is 7.54. The van der Waals surface area contributed by atoms with Crippen LogP contribution in [-0.2, 0) is 14.8 Å². The van der Waals surface area contributed by atoms with E-state index in [0.29, 0.717) is 22.4 Å². The Morgan fingerprint density at radius 2 is 1.59 bits per heavy atom. The Bertz CT molecular complexity index is 1330. The van der Waals surface area contributed by atoms with Crippen LogP contribution < -0.4 is 5.32 Å². The van der Waals surface area contributed by atoms with Crippen molar-refractivity contribution in [1.29, 1.82) is 0 Å². The lowest BCUT2D eigenvalue weighted by molar-refractivity contribution is -0.113. The summed E-state index contributed by atoms with van der Waals surface area (Å²) in [6.45, 7) is 0. The fraction of sp³-hybridized carbons (Fsp3) is 0.120. The molecule has 1 N–H and O–H groups in total. The number of nitrogens with one attached hydrogen (secondary N) is 1. The second kappa shape index (κ2) is 10.3. The van der Waals surface area contributed by atoms with Crippen LogP contribution in [0.5, 0.6) is 0 Å². The molecule has 0 bridgehead atoms. The number of carbonyl (C=O) groups is 1. The fourth-order valence-corrected chi connectivity index (χ4v) is 4.78. The summed E-state index contributed by atoms with van der Waals surface area (Å²) in [5.41, 5.74) is 2.91. The van der Waals surface area contributed by atoms with E-state index in [9.17, 15) is 13.2 Å². The fourth-order valence-electron chi connectivity index (χ4n) is 3.21. The molecule has 0 atom stereocenters. The molecule has 174 valence electrons. The number of rotatable bonds is 8. The minimum Gasteiger partial charge on any atom is -0.431 e. The molecule has 0 spiro atoms. The third-order valence-electron chi connectivity index (χ3n) is 4.91. The van der Waals surface area contributed by atoms with Gasteiger partial charge in [0, 0.05) is 30.9 Å². The smallest absolute Gasteiger partial charge is 0.257 e. The Morgan fingerprint density at radius 1 is 0.941 bits per heavy atom. The molecule has 0 aliphatic carbocycles. The van der Waals surface area contributed by atoms with Crippen LogP contribution in [0.3, 0.4) is 0 Å². The number of anilines is 1. The molecular weight excluding hydrogens is 470 g/mol. The van der Waals surface area contributed by atoms with Crippen LogP contribution in [0.2, 0.25) is 0 Å². The molecule has 34 heavy (non-hydrogen) atoms. The van der Waals surface area contributed by atoms with Crippen molar-refractivity contribution in [3.8, 4) is 22.6 Å². The first kappa shape index (κ1) is 23.7. The van der Waals surface area contributed by atoms with Gasteiger partial charge in [-0.15, -0.1) is 0 Å². The molecule has 0 unspecified atom stereocenters. The number of oxazole rings is 1. The molecule has 1 aromatic heterocycles. The van der Waals surface area contributed by atoms with Crippen molar-refractivity contribution in [2.24, 2.45) is 0 Å². The Kier molecular flexibility index (Phi) is 7.16. The average molecular weight is 494 g/mol. The first-order chi connectivity index (χ1) is 16.3. The van der Waals surface area contributed by atoms with Crippen LogP contribution in [0.1, 0.15) is 0 Å². The largest absolute Gasteiger partial charge is 0.431 e. The summed E-state index contributed by atoms with van der Waals surface area (Å²) >= 11 is 1.17. The Labute approximate surface area is 202 Å². The normalized spacial score (nSPS) is 11.5. The number of benzene rings is 3. The second-order valence-corrected chi connectivity index (χ2v) is 10.6. The predicted octanol–water partition coefficient (Wildman–Crippen LogP) is 4.99. The number of sulfonamides is 1. The monoisotopic (exact) mass is 493 g/mol. The summed E-state index contributed by atoms with van der Waals surface area (Å²) in [6, 6.07) is 25.6. The molecule has 0 fully saturated rings. The number of hydrogen-bond donors (Lipinski definition) is 1. The number of hydrogen-bond acceptors (Lipinski definition) is 6. The lowest BCUT2D eigenvalue weighted by atomic mass is 10.1. The van der Waals surface area contributed by atoms with Gasteiger partial charge in [-0.25, -0.2) is 17.7 Å². The minimum atomic E-state index is -3.59. The summed E-state index contributed by atoms with van der Waals surface area (Å²) in [5.74, 6) is 0.384. The molecule has 0 radical (unpaired) electrons. The highest BCUT2D eigenvalue weighted by Gasteiger charge is 2.19. The molecule has 1 amide bonds. The van der Waals surface area contributed by atoms with Crippen molar-refractivity contribution in [3.05, 3.63) is 84.9 Å². The van der Waals surface area contributed by atoms with Gasteiger partial charge < -0.3 is 9.73 Å². The van der Waals surface area contributed by atoms with E-state index >= 15 is 0 Å². The zero-order chi connectivity index (χ0) is 24.1. The first-order valence-corrected chi connectivity index (χ1v) is 12.8. The standard InChI is InChI=1S/C25H23N3O4S2/c1-28(2)34(30,31)21-15-9-14-20(16-21)26-22(29)17-33-25-27-23(18-10-5-3-6-11-18)24(32-25)19-12-7-4-8-13-19/h3-16H,17H2,1-2H3,(H,26,29). The molecular formula is C25H23N3O4S2. The van der Waals surface area contributed by atoms with E-state index < -0.39 is 10.0 Å². The van der Waals surface area contributed by atoms with E-state index in [-0.39, 0.29) is 16.6 Å². The van der Waals surface area contributed by atoms with Crippen molar-refractivity contribution in [1.82, 2.24) is 9.29 Å². The third kappa shape index (κ3) is 5.39. The van der Waals surface area contributed by atoms with Crippen LogP contribution in [0.25, 0.3) is 22.6 Å². The van der Waals surface area contributed by atoms with Gasteiger partial charge in [-0.3, -0.25) is 4.79 Å². The zero-order valence-electron chi connectivity index (χ0n) is 18.6. The molecule has 0 aliphatic heterocycles. The highest BCUT2D eigenvalue weighted by atomic mass is 32.2. The number of aromatic nitrogens is 1. The highest BCUT2D eigenvalue weighted by molar-refractivity contribution is 7.99. The summed E-state index contributed by atoms with van der Waals surface area (Å²) < 4.78 is 31.8. The number of amides is 1. The van der Waals surface area contributed by atoms with Gasteiger partial charge >= 0.3 is 0 Å². The van der Waals surface area contributed by atoms with E-state index in [1.54, 1.807) is 12.1 Å². The van der Waals surface area contributed by atoms with E-state index in [0.717, 1.165) is 15.4 Å². The first-order valence-electron chi connectivity index (χ1n) is 10.4. The molecule has 7 nitrogen and oxygen atoms in total. The van der Waals surface area contributed by atoms with Crippen molar-refractivity contribution >= 4 is 33.4 Å². The van der Waals surface area contributed by atoms with Crippen LogP contribution >= 0.6 is 11.8 Å². The Balaban J connectivity index is 1.50. The lowest BCUT2D eigenvalue weighted by Gasteiger charge is -2.12.